The van der Waals surface area contributed by atoms with Crippen LogP contribution in [0.4, 0.5) is 5.82 Å². The number of pyridine rings is 1. The Morgan fingerprint density at radius 1 is 1.50 bits per heavy atom. The van der Waals surface area contributed by atoms with Crippen LogP contribution in [0.5, 0.6) is 0 Å². The fourth-order valence-electron chi connectivity index (χ4n) is 1.03. The third-order valence-corrected chi connectivity index (χ3v) is 4.09. The van der Waals surface area contributed by atoms with E-state index in [1.165, 1.54) is 35.4 Å². The van der Waals surface area contributed by atoms with E-state index in [9.17, 15) is 4.79 Å². The normalized spacial score (nSPS) is 10.3. The van der Waals surface area contributed by atoms with Crippen LogP contribution in [0.2, 0.25) is 10.0 Å². The van der Waals surface area contributed by atoms with E-state index in [0.29, 0.717) is 15.9 Å². The molecule has 0 unspecified atom stereocenters. The summed E-state index contributed by atoms with van der Waals surface area (Å²) >= 11 is 14.3. The maximum absolute atomic E-state index is 11.6. The molecule has 2 aromatic heterocycles. The minimum Gasteiger partial charge on any atom is -0.309 e. The molecule has 0 saturated heterocycles. The second-order valence-corrected chi connectivity index (χ2v) is 5.92. The standard InChI is InChI=1S/C9H6Cl2N4OS2/c10-5-1-6(11)8(12-2-5)14-7(16)3-17-9-15-13-4-18-9/h1-2,4H,3H2,(H,12,14,16). The summed E-state index contributed by atoms with van der Waals surface area (Å²) in [7, 11) is 0. The minimum absolute atomic E-state index is 0.216. The van der Waals surface area contributed by atoms with Gasteiger partial charge in [0.05, 0.1) is 15.8 Å². The second-order valence-electron chi connectivity index (χ2n) is 3.03. The van der Waals surface area contributed by atoms with Crippen molar-refractivity contribution in [2.24, 2.45) is 0 Å². The van der Waals surface area contributed by atoms with Crippen LogP contribution in [0.1, 0.15) is 0 Å². The third-order valence-electron chi connectivity index (χ3n) is 1.73. The molecule has 0 aliphatic heterocycles. The smallest absolute Gasteiger partial charge is 0.236 e. The number of aromatic nitrogens is 3. The first-order valence-corrected chi connectivity index (χ1v) is 7.27. The Morgan fingerprint density at radius 2 is 2.33 bits per heavy atom. The number of thioether (sulfide) groups is 1. The van der Waals surface area contributed by atoms with Crippen molar-refractivity contribution < 1.29 is 4.79 Å². The predicted molar refractivity (Wildman–Crippen MR) is 73.5 cm³/mol. The highest BCUT2D eigenvalue weighted by atomic mass is 35.5. The van der Waals surface area contributed by atoms with E-state index in [2.05, 4.69) is 20.5 Å². The number of hydrogen-bond acceptors (Lipinski definition) is 6. The molecule has 0 atom stereocenters. The van der Waals surface area contributed by atoms with Gasteiger partial charge < -0.3 is 5.32 Å². The van der Waals surface area contributed by atoms with E-state index in [4.69, 9.17) is 23.2 Å². The summed E-state index contributed by atoms with van der Waals surface area (Å²) in [6.45, 7) is 0. The third kappa shape index (κ3) is 3.81. The molecule has 5 nitrogen and oxygen atoms in total. The largest absolute Gasteiger partial charge is 0.309 e. The van der Waals surface area contributed by atoms with Crippen LogP contribution in [-0.4, -0.2) is 26.8 Å². The topological polar surface area (TPSA) is 67.8 Å². The molecule has 9 heteroatoms. The van der Waals surface area contributed by atoms with E-state index in [1.807, 2.05) is 0 Å². The molecule has 18 heavy (non-hydrogen) atoms. The lowest BCUT2D eigenvalue weighted by Crippen LogP contribution is -2.15. The summed E-state index contributed by atoms with van der Waals surface area (Å²) in [5.74, 6) is 0.298. The van der Waals surface area contributed by atoms with Gasteiger partial charge >= 0.3 is 0 Å². The maximum Gasteiger partial charge on any atom is 0.236 e. The van der Waals surface area contributed by atoms with Gasteiger partial charge in [-0.2, -0.15) is 0 Å². The van der Waals surface area contributed by atoms with Crippen molar-refractivity contribution in [3.8, 4) is 0 Å². The Bertz CT molecular complexity index is 550. The van der Waals surface area contributed by atoms with Crippen LogP contribution < -0.4 is 5.32 Å². The number of hydrogen-bond donors (Lipinski definition) is 1. The van der Waals surface area contributed by atoms with Crippen LogP contribution in [0, 0.1) is 0 Å². The van der Waals surface area contributed by atoms with Gasteiger partial charge in [0.1, 0.15) is 5.51 Å². The van der Waals surface area contributed by atoms with E-state index in [1.54, 1.807) is 5.51 Å². The Hall–Kier alpha value is -0.890. The summed E-state index contributed by atoms with van der Waals surface area (Å²) in [5.41, 5.74) is 1.61. The van der Waals surface area contributed by atoms with Gasteiger partial charge in [-0.3, -0.25) is 4.79 Å². The molecule has 1 amide bonds. The minimum atomic E-state index is -0.216. The van der Waals surface area contributed by atoms with Crippen molar-refractivity contribution >= 4 is 58.0 Å². The quantitative estimate of drug-likeness (QED) is 0.877. The summed E-state index contributed by atoms with van der Waals surface area (Å²) < 4.78 is 0.736. The second kappa shape index (κ2) is 6.33. The SMILES string of the molecule is O=C(CSc1nncs1)Nc1ncc(Cl)cc1Cl. The first-order valence-electron chi connectivity index (χ1n) is 4.65. The summed E-state index contributed by atoms with van der Waals surface area (Å²) in [5, 5.41) is 10.8. The number of amides is 1. The van der Waals surface area contributed by atoms with E-state index >= 15 is 0 Å². The molecule has 0 bridgehead atoms. The molecule has 94 valence electrons. The zero-order chi connectivity index (χ0) is 13.0. The number of nitrogens with one attached hydrogen (secondary N) is 1. The molecule has 2 heterocycles. The highest BCUT2D eigenvalue weighted by Crippen LogP contribution is 2.23. The molecule has 0 radical (unpaired) electrons. The van der Waals surface area contributed by atoms with Crippen molar-refractivity contribution in [1.29, 1.82) is 0 Å². The molecule has 0 aliphatic rings. The van der Waals surface area contributed by atoms with Crippen molar-refractivity contribution in [2.45, 2.75) is 4.34 Å². The number of carbonyl (C=O) groups is 1. The molecule has 0 spiro atoms. The van der Waals surface area contributed by atoms with Gasteiger partial charge in [-0.25, -0.2) is 4.98 Å². The lowest BCUT2D eigenvalue weighted by atomic mass is 10.4. The Kier molecular flexibility index (Phi) is 4.76. The predicted octanol–water partition coefficient (Wildman–Crippen LogP) is 2.97. The molecule has 0 aliphatic carbocycles. The molecule has 2 aromatic rings. The first kappa shape index (κ1) is 13.5. The first-order chi connectivity index (χ1) is 8.65. The van der Waals surface area contributed by atoms with Gasteiger partial charge in [0, 0.05) is 6.20 Å². The average Bonchev–Trinajstić information content (AvgIpc) is 2.83. The van der Waals surface area contributed by atoms with Gasteiger partial charge in [0.15, 0.2) is 10.2 Å². The van der Waals surface area contributed by atoms with Crippen molar-refractivity contribution in [3.63, 3.8) is 0 Å². The van der Waals surface area contributed by atoms with Crippen LogP contribution in [0.3, 0.4) is 0 Å². The van der Waals surface area contributed by atoms with Gasteiger partial charge in [0.25, 0.3) is 0 Å². The fourth-order valence-corrected chi connectivity index (χ4v) is 2.74. The van der Waals surface area contributed by atoms with Gasteiger partial charge in [0.2, 0.25) is 5.91 Å². The zero-order valence-electron chi connectivity index (χ0n) is 8.76. The summed E-state index contributed by atoms with van der Waals surface area (Å²) in [4.78, 5) is 15.6. The molecular weight excluding hydrogens is 315 g/mol. The lowest BCUT2D eigenvalue weighted by molar-refractivity contribution is -0.113. The monoisotopic (exact) mass is 320 g/mol. The van der Waals surface area contributed by atoms with Gasteiger partial charge in [-0.15, -0.1) is 10.2 Å². The zero-order valence-corrected chi connectivity index (χ0v) is 11.9. The van der Waals surface area contributed by atoms with Crippen LogP contribution >= 0.6 is 46.3 Å². The van der Waals surface area contributed by atoms with Crippen LogP contribution in [0.25, 0.3) is 0 Å². The number of anilines is 1. The Labute approximate surface area is 121 Å². The summed E-state index contributed by atoms with van der Waals surface area (Å²) in [6.07, 6.45) is 1.42. The van der Waals surface area contributed by atoms with Gasteiger partial charge in [-0.1, -0.05) is 46.3 Å². The molecule has 1 N–H and O–H groups in total. The fraction of sp³-hybridized carbons (Fsp3) is 0.111. The Morgan fingerprint density at radius 3 is 3.00 bits per heavy atom. The van der Waals surface area contributed by atoms with Crippen LogP contribution in [-0.2, 0) is 4.79 Å². The molecular formula is C9H6Cl2N4OS2. The number of rotatable bonds is 4. The summed E-state index contributed by atoms with van der Waals surface area (Å²) in [6, 6.07) is 1.52. The highest BCUT2D eigenvalue weighted by Gasteiger charge is 2.09. The van der Waals surface area contributed by atoms with E-state index in [0.717, 1.165) is 4.34 Å². The number of nitrogens with zero attached hydrogens (tertiary/aromatic N) is 3. The average molecular weight is 321 g/mol. The molecule has 0 aromatic carbocycles. The van der Waals surface area contributed by atoms with Gasteiger partial charge in [-0.05, 0) is 6.07 Å². The van der Waals surface area contributed by atoms with Crippen LogP contribution in [0.15, 0.2) is 22.1 Å². The number of carbonyl (C=O) groups excluding carboxylic acids is 1. The number of halogens is 2. The van der Waals surface area contributed by atoms with Crippen molar-refractivity contribution in [1.82, 2.24) is 15.2 Å². The van der Waals surface area contributed by atoms with Crippen molar-refractivity contribution in [3.05, 3.63) is 27.8 Å². The molecule has 0 fully saturated rings. The molecule has 0 saturated carbocycles. The highest BCUT2D eigenvalue weighted by molar-refractivity contribution is 8.01. The Balaban J connectivity index is 1.91. The maximum atomic E-state index is 11.6. The van der Waals surface area contributed by atoms with E-state index < -0.39 is 0 Å². The lowest BCUT2D eigenvalue weighted by Gasteiger charge is -2.05. The van der Waals surface area contributed by atoms with Crippen molar-refractivity contribution in [2.75, 3.05) is 11.1 Å². The van der Waals surface area contributed by atoms with E-state index in [-0.39, 0.29) is 11.7 Å². The molecule has 2 rings (SSSR count).